The van der Waals surface area contributed by atoms with E-state index < -0.39 is 28.8 Å². The van der Waals surface area contributed by atoms with Gasteiger partial charge in [0, 0.05) is 40.6 Å². The Labute approximate surface area is 195 Å². The van der Waals surface area contributed by atoms with Crippen molar-refractivity contribution in [1.82, 2.24) is 4.98 Å². The predicted octanol–water partition coefficient (Wildman–Crippen LogP) is 5.54. The lowest BCUT2D eigenvalue weighted by atomic mass is 10.1. The zero-order valence-electron chi connectivity index (χ0n) is 19.0. The summed E-state index contributed by atoms with van der Waals surface area (Å²) in [7, 11) is 0. The molecule has 0 bridgehead atoms. The van der Waals surface area contributed by atoms with Crippen molar-refractivity contribution in [2.24, 2.45) is 0 Å². The first-order valence-electron chi connectivity index (χ1n) is 11.3. The number of hydrogen-bond acceptors (Lipinski definition) is 4. The summed E-state index contributed by atoms with van der Waals surface area (Å²) in [6.45, 7) is 4.07. The van der Waals surface area contributed by atoms with Crippen LogP contribution in [0, 0.1) is 0 Å². The van der Waals surface area contributed by atoms with Crippen LogP contribution in [0.3, 0.4) is 0 Å². The van der Waals surface area contributed by atoms with Crippen molar-refractivity contribution in [3.05, 3.63) is 63.9 Å². The van der Waals surface area contributed by atoms with Crippen molar-refractivity contribution in [1.29, 1.82) is 0 Å². The first kappa shape index (κ1) is 23.7. The summed E-state index contributed by atoms with van der Waals surface area (Å²) in [4.78, 5) is 30.5. The van der Waals surface area contributed by atoms with E-state index >= 15 is 0 Å². The van der Waals surface area contributed by atoms with Gasteiger partial charge in [-0.1, -0.05) is 13.3 Å². The normalized spacial score (nSPS) is 18.4. The lowest BCUT2D eigenvalue weighted by Crippen LogP contribution is -2.34. The number of nitrogens with two attached hydrogens (primary N) is 1. The minimum Gasteiger partial charge on any atom is -0.399 e. The molecule has 9 heteroatoms. The largest absolute Gasteiger partial charge is 0.418 e. The van der Waals surface area contributed by atoms with Gasteiger partial charge in [0.15, 0.2) is 0 Å². The van der Waals surface area contributed by atoms with Crippen molar-refractivity contribution >= 4 is 33.9 Å². The number of pyridine rings is 1. The van der Waals surface area contributed by atoms with Gasteiger partial charge in [0.25, 0.3) is 5.91 Å². The highest BCUT2D eigenvalue weighted by molar-refractivity contribution is 6.06. The number of H-pyrrole nitrogens is 1. The minimum absolute atomic E-state index is 0.127. The molecule has 2 aromatic carbocycles. The number of nitrogens with zero attached hydrogens (tertiary/aromatic N) is 1. The molecule has 2 unspecified atom stereocenters. The van der Waals surface area contributed by atoms with Crippen LogP contribution in [0.1, 0.15) is 55.5 Å². The van der Waals surface area contributed by atoms with Gasteiger partial charge in [-0.15, -0.1) is 0 Å². The number of benzene rings is 2. The number of amides is 1. The van der Waals surface area contributed by atoms with E-state index in [1.54, 1.807) is 18.2 Å². The van der Waals surface area contributed by atoms with Gasteiger partial charge >= 0.3 is 6.18 Å². The molecule has 2 atom stereocenters. The molecule has 3 aromatic rings. The first-order chi connectivity index (χ1) is 16.1. The third-order valence-corrected chi connectivity index (χ3v) is 6.41. The Morgan fingerprint density at radius 3 is 2.68 bits per heavy atom. The summed E-state index contributed by atoms with van der Waals surface area (Å²) in [6, 6.07) is 8.88. The lowest BCUT2D eigenvalue weighted by molar-refractivity contribution is -0.136. The van der Waals surface area contributed by atoms with Gasteiger partial charge in [-0.05, 0) is 62.6 Å². The van der Waals surface area contributed by atoms with Crippen LogP contribution in [0.5, 0.6) is 0 Å². The number of nitrogen functional groups attached to an aromatic ring is 1. The van der Waals surface area contributed by atoms with Crippen molar-refractivity contribution in [2.45, 2.75) is 57.8 Å². The smallest absolute Gasteiger partial charge is 0.399 e. The second-order valence-corrected chi connectivity index (χ2v) is 8.79. The Morgan fingerprint density at radius 1 is 1.21 bits per heavy atom. The molecule has 0 saturated carbocycles. The summed E-state index contributed by atoms with van der Waals surface area (Å²) < 4.78 is 42.0. The van der Waals surface area contributed by atoms with Crippen molar-refractivity contribution in [3.8, 4) is 0 Å². The zero-order chi connectivity index (χ0) is 24.6. The van der Waals surface area contributed by atoms with E-state index in [0.29, 0.717) is 16.9 Å². The van der Waals surface area contributed by atoms with E-state index in [0.717, 1.165) is 31.7 Å². The second-order valence-electron chi connectivity index (χ2n) is 8.79. The number of aromatic amines is 1. The molecule has 1 fully saturated rings. The average Bonchev–Trinajstić information content (AvgIpc) is 3.14. The van der Waals surface area contributed by atoms with Crippen LogP contribution >= 0.6 is 0 Å². The Kier molecular flexibility index (Phi) is 6.29. The molecule has 2 heterocycles. The Hall–Kier alpha value is -3.49. The lowest BCUT2D eigenvalue weighted by Gasteiger charge is -2.31. The summed E-state index contributed by atoms with van der Waals surface area (Å²) in [5.74, 6) is -0.928. The number of aromatic nitrogens is 1. The molecule has 1 amide bonds. The quantitative estimate of drug-likeness (QED) is 0.425. The van der Waals surface area contributed by atoms with Crippen molar-refractivity contribution < 1.29 is 18.0 Å². The van der Waals surface area contributed by atoms with E-state index in [2.05, 4.69) is 17.2 Å². The SMILES string of the molecule is CCCC1CCC(C)N1c1ccc(NC(=O)c2c[nH]c3ccc(N)cc3c2=O)c(C(F)(F)F)c1. The highest BCUT2D eigenvalue weighted by Crippen LogP contribution is 2.40. The van der Waals surface area contributed by atoms with E-state index in [4.69, 9.17) is 5.73 Å². The average molecular weight is 473 g/mol. The van der Waals surface area contributed by atoms with Crippen molar-refractivity contribution in [3.63, 3.8) is 0 Å². The monoisotopic (exact) mass is 472 g/mol. The predicted molar refractivity (Wildman–Crippen MR) is 128 cm³/mol. The topological polar surface area (TPSA) is 91.2 Å². The third-order valence-electron chi connectivity index (χ3n) is 6.41. The summed E-state index contributed by atoms with van der Waals surface area (Å²) in [5.41, 5.74) is 4.76. The van der Waals surface area contributed by atoms with E-state index in [9.17, 15) is 22.8 Å². The maximum atomic E-state index is 14.0. The highest BCUT2D eigenvalue weighted by atomic mass is 19.4. The van der Waals surface area contributed by atoms with E-state index in [-0.39, 0.29) is 23.0 Å². The van der Waals surface area contributed by atoms with Gasteiger partial charge in [-0.2, -0.15) is 13.2 Å². The Balaban J connectivity index is 1.70. The van der Waals surface area contributed by atoms with Gasteiger partial charge in [-0.3, -0.25) is 9.59 Å². The number of rotatable bonds is 5. The van der Waals surface area contributed by atoms with Crippen LogP contribution in [-0.2, 0) is 6.18 Å². The fourth-order valence-electron chi connectivity index (χ4n) is 4.78. The zero-order valence-corrected chi connectivity index (χ0v) is 19.0. The molecular formula is C25H27F3N4O2. The standard InChI is InChI=1S/C25H27F3N4O2/c1-3-4-16-7-5-14(2)32(16)17-8-10-22(20(12-17)25(26,27)28)31-24(34)19-13-30-21-9-6-15(29)11-18(21)23(19)33/h6,8-14,16H,3-5,7,29H2,1-2H3,(H,30,33)(H,31,34). The molecular weight excluding hydrogens is 445 g/mol. The number of anilines is 3. The van der Waals surface area contributed by atoms with E-state index in [1.165, 1.54) is 18.3 Å². The molecule has 0 radical (unpaired) electrons. The third kappa shape index (κ3) is 4.47. The fourth-order valence-corrected chi connectivity index (χ4v) is 4.78. The van der Waals surface area contributed by atoms with Crippen LogP contribution in [0.2, 0.25) is 0 Å². The first-order valence-corrected chi connectivity index (χ1v) is 11.3. The number of alkyl halides is 3. The van der Waals surface area contributed by atoms with Gasteiger partial charge in [0.05, 0.1) is 11.3 Å². The molecule has 1 aromatic heterocycles. The Bertz CT molecular complexity index is 1280. The van der Waals surface area contributed by atoms with Crippen LogP contribution in [-0.4, -0.2) is 23.0 Å². The summed E-state index contributed by atoms with van der Waals surface area (Å²) >= 11 is 0. The minimum atomic E-state index is -4.69. The molecule has 6 nitrogen and oxygen atoms in total. The van der Waals surface area contributed by atoms with Crippen LogP contribution in [0.4, 0.5) is 30.2 Å². The van der Waals surface area contributed by atoms with Crippen LogP contribution < -0.4 is 21.4 Å². The maximum Gasteiger partial charge on any atom is 0.418 e. The van der Waals surface area contributed by atoms with Gasteiger partial charge in [-0.25, -0.2) is 0 Å². The molecule has 4 rings (SSSR count). The highest BCUT2D eigenvalue weighted by Gasteiger charge is 2.37. The molecule has 0 aliphatic carbocycles. The number of carbonyl (C=O) groups excluding carboxylic acids is 1. The number of fused-ring (bicyclic) bond motifs is 1. The second kappa shape index (κ2) is 9.04. The molecule has 34 heavy (non-hydrogen) atoms. The van der Waals surface area contributed by atoms with Crippen LogP contribution in [0.25, 0.3) is 10.9 Å². The van der Waals surface area contributed by atoms with Gasteiger partial charge < -0.3 is 20.9 Å². The summed E-state index contributed by atoms with van der Waals surface area (Å²) in [5, 5.41) is 2.47. The maximum absolute atomic E-state index is 14.0. The van der Waals surface area contributed by atoms with Crippen molar-refractivity contribution in [2.75, 3.05) is 16.0 Å². The number of hydrogen-bond donors (Lipinski definition) is 3. The molecule has 180 valence electrons. The van der Waals surface area contributed by atoms with Gasteiger partial charge in [0.2, 0.25) is 5.43 Å². The molecule has 4 N–H and O–H groups in total. The Morgan fingerprint density at radius 2 is 1.97 bits per heavy atom. The summed E-state index contributed by atoms with van der Waals surface area (Å²) in [6.07, 6.45) is 0.203. The van der Waals surface area contributed by atoms with E-state index in [1.807, 2.05) is 11.8 Å². The molecule has 1 saturated heterocycles. The number of halogens is 3. The fraction of sp³-hybridized carbons (Fsp3) is 0.360. The number of nitrogens with one attached hydrogen (secondary N) is 2. The molecule has 1 aliphatic heterocycles. The molecule has 0 spiro atoms. The molecule has 1 aliphatic rings. The van der Waals surface area contributed by atoms with Gasteiger partial charge in [0.1, 0.15) is 5.56 Å². The van der Waals surface area contributed by atoms with Crippen LogP contribution in [0.15, 0.2) is 47.4 Å². The number of carbonyl (C=O) groups is 1.